The van der Waals surface area contributed by atoms with Crippen molar-refractivity contribution >= 4 is 46.0 Å². The minimum absolute atomic E-state index is 0.314. The molecule has 1 aromatic carbocycles. The molecule has 1 aliphatic rings. The molecule has 8 nitrogen and oxygen atoms in total. The number of nitrogens with zero attached hydrogens (tertiary/aromatic N) is 3. The molecule has 1 aromatic heterocycles. The number of carbonyl (C=O) groups excluding carboxylic acids is 3. The fraction of sp³-hybridized carbons (Fsp3) is 0.267. The Balaban J connectivity index is 1.62. The molecule has 0 bridgehead atoms. The Kier molecular flexibility index (Phi) is 5.00. The van der Waals surface area contributed by atoms with Crippen LogP contribution in [0.25, 0.3) is 0 Å². The highest BCUT2D eigenvalue weighted by Gasteiger charge is 2.36. The number of thioether (sulfide) groups is 1. The van der Waals surface area contributed by atoms with Gasteiger partial charge >= 0.3 is 5.97 Å². The van der Waals surface area contributed by atoms with E-state index in [9.17, 15) is 14.4 Å². The fourth-order valence-electron chi connectivity index (χ4n) is 2.27. The lowest BCUT2D eigenvalue weighted by molar-refractivity contribution is -0.145. The van der Waals surface area contributed by atoms with Gasteiger partial charge in [0.2, 0.25) is 5.13 Å². The number of fused-ring (bicyclic) bond motifs is 1. The Bertz CT molecular complexity index is 803. The van der Waals surface area contributed by atoms with Crippen LogP contribution in [0, 0.1) is 0 Å². The molecule has 1 unspecified atom stereocenters. The number of hydrogen-bond acceptors (Lipinski definition) is 9. The second-order valence-corrected chi connectivity index (χ2v) is 7.56. The predicted octanol–water partition coefficient (Wildman–Crippen LogP) is 1.79. The van der Waals surface area contributed by atoms with Crippen LogP contribution in [0.5, 0.6) is 0 Å². The molecule has 1 aliphatic heterocycles. The van der Waals surface area contributed by atoms with E-state index in [4.69, 9.17) is 10.5 Å². The zero-order valence-corrected chi connectivity index (χ0v) is 14.8. The van der Waals surface area contributed by atoms with Gasteiger partial charge in [0, 0.05) is 0 Å². The molecule has 3 rings (SSSR count). The maximum absolute atomic E-state index is 12.3. The SMILES string of the molecule is CCC(Sc1nnc(N)s1)C(=O)OCN1C(=O)c2ccccc2C1=O. The van der Waals surface area contributed by atoms with E-state index in [1.165, 1.54) is 23.1 Å². The molecule has 0 saturated carbocycles. The Hall–Kier alpha value is -2.46. The molecule has 130 valence electrons. The smallest absolute Gasteiger partial charge is 0.321 e. The monoisotopic (exact) mass is 378 g/mol. The number of carbonyl (C=O) groups is 3. The van der Waals surface area contributed by atoms with Gasteiger partial charge in [0.15, 0.2) is 11.1 Å². The van der Waals surface area contributed by atoms with Gasteiger partial charge in [-0.2, -0.15) is 0 Å². The number of anilines is 1. The van der Waals surface area contributed by atoms with Crippen LogP contribution >= 0.6 is 23.1 Å². The standard InChI is InChI=1S/C15H14N4O4S2/c1-2-10(24-15-18-17-14(16)25-15)13(22)23-7-19-11(20)8-5-3-4-6-9(8)12(19)21/h3-6,10H,2,7H2,1H3,(H2,16,17). The van der Waals surface area contributed by atoms with Crippen molar-refractivity contribution in [2.45, 2.75) is 22.9 Å². The molecule has 0 spiro atoms. The van der Waals surface area contributed by atoms with Crippen molar-refractivity contribution in [1.82, 2.24) is 15.1 Å². The molecule has 10 heteroatoms. The third-order valence-electron chi connectivity index (χ3n) is 3.51. The molecule has 2 heterocycles. The van der Waals surface area contributed by atoms with Crippen molar-refractivity contribution in [1.29, 1.82) is 0 Å². The second-order valence-electron chi connectivity index (χ2n) is 5.10. The summed E-state index contributed by atoms with van der Waals surface area (Å²) in [6.07, 6.45) is 0.491. The van der Waals surface area contributed by atoms with Gasteiger partial charge in [-0.05, 0) is 18.6 Å². The molecular formula is C15H14N4O4S2. The van der Waals surface area contributed by atoms with E-state index in [1.807, 2.05) is 6.92 Å². The quantitative estimate of drug-likeness (QED) is 0.459. The second kappa shape index (κ2) is 7.19. The average molecular weight is 378 g/mol. The van der Waals surface area contributed by atoms with Crippen LogP contribution in [0.2, 0.25) is 0 Å². The molecule has 2 amide bonds. The summed E-state index contributed by atoms with van der Waals surface area (Å²) in [6.45, 7) is 1.41. The van der Waals surface area contributed by atoms with E-state index >= 15 is 0 Å². The largest absolute Gasteiger partial charge is 0.443 e. The molecule has 25 heavy (non-hydrogen) atoms. The first kappa shape index (κ1) is 17.4. The third-order valence-corrected chi connectivity index (χ3v) is 5.69. The van der Waals surface area contributed by atoms with E-state index in [2.05, 4.69) is 10.2 Å². The number of esters is 1. The van der Waals surface area contributed by atoms with Gasteiger partial charge < -0.3 is 10.5 Å². The molecule has 2 aromatic rings. The van der Waals surface area contributed by atoms with Gasteiger partial charge in [0.25, 0.3) is 11.8 Å². The van der Waals surface area contributed by atoms with Gasteiger partial charge in [0.1, 0.15) is 5.25 Å². The van der Waals surface area contributed by atoms with Crippen LogP contribution in [0.4, 0.5) is 5.13 Å². The first-order valence-corrected chi connectivity index (χ1v) is 9.08. The maximum atomic E-state index is 12.3. The van der Waals surface area contributed by atoms with Crippen molar-refractivity contribution in [3.05, 3.63) is 35.4 Å². The topological polar surface area (TPSA) is 115 Å². The fourth-order valence-corrected chi connectivity index (χ4v) is 4.07. The van der Waals surface area contributed by atoms with Crippen LogP contribution in [-0.2, 0) is 9.53 Å². The maximum Gasteiger partial charge on any atom is 0.321 e. The third kappa shape index (κ3) is 3.49. The number of benzene rings is 1. The number of nitrogens with two attached hydrogens (primary N) is 1. The van der Waals surface area contributed by atoms with Gasteiger partial charge in [-0.1, -0.05) is 42.2 Å². The van der Waals surface area contributed by atoms with Crippen LogP contribution in [0.1, 0.15) is 34.1 Å². The lowest BCUT2D eigenvalue weighted by Crippen LogP contribution is -2.34. The van der Waals surface area contributed by atoms with Crippen LogP contribution in [-0.4, -0.2) is 44.9 Å². The number of nitrogen functional groups attached to an aromatic ring is 1. The highest BCUT2D eigenvalue weighted by atomic mass is 32.2. The highest BCUT2D eigenvalue weighted by Crippen LogP contribution is 2.30. The lowest BCUT2D eigenvalue weighted by Gasteiger charge is -2.17. The van der Waals surface area contributed by atoms with Crippen molar-refractivity contribution in [2.24, 2.45) is 0 Å². The zero-order chi connectivity index (χ0) is 18.0. The number of imide groups is 1. The van der Waals surface area contributed by atoms with Crippen molar-refractivity contribution in [3.8, 4) is 0 Å². The number of rotatable bonds is 6. The number of aromatic nitrogens is 2. The Morgan fingerprint density at radius 2 is 1.92 bits per heavy atom. The molecule has 2 N–H and O–H groups in total. The minimum Gasteiger partial charge on any atom is -0.443 e. The Morgan fingerprint density at radius 3 is 2.44 bits per heavy atom. The summed E-state index contributed by atoms with van der Waals surface area (Å²) in [6, 6.07) is 6.50. The lowest BCUT2D eigenvalue weighted by atomic mass is 10.1. The van der Waals surface area contributed by atoms with Gasteiger partial charge in [-0.25, -0.2) is 4.90 Å². The van der Waals surface area contributed by atoms with Crippen LogP contribution < -0.4 is 5.73 Å². The van der Waals surface area contributed by atoms with E-state index in [-0.39, 0.29) is 0 Å². The van der Waals surface area contributed by atoms with Crippen molar-refractivity contribution in [2.75, 3.05) is 12.5 Å². The van der Waals surface area contributed by atoms with E-state index in [1.54, 1.807) is 24.3 Å². The number of amides is 2. The molecular weight excluding hydrogens is 364 g/mol. The minimum atomic E-state index is -0.530. The molecule has 0 aliphatic carbocycles. The van der Waals surface area contributed by atoms with E-state index in [0.717, 1.165) is 4.90 Å². The van der Waals surface area contributed by atoms with Crippen LogP contribution in [0.15, 0.2) is 28.6 Å². The Morgan fingerprint density at radius 1 is 1.28 bits per heavy atom. The average Bonchev–Trinajstić information content (AvgIpc) is 3.13. The molecule has 1 atom stereocenters. The summed E-state index contributed by atoms with van der Waals surface area (Å²) in [4.78, 5) is 37.6. The van der Waals surface area contributed by atoms with Gasteiger partial charge in [0.05, 0.1) is 11.1 Å². The summed E-state index contributed by atoms with van der Waals surface area (Å²) in [5.74, 6) is -1.46. The van der Waals surface area contributed by atoms with E-state index in [0.29, 0.717) is 27.0 Å². The van der Waals surface area contributed by atoms with Crippen molar-refractivity contribution in [3.63, 3.8) is 0 Å². The predicted molar refractivity (Wildman–Crippen MR) is 92.2 cm³/mol. The molecule has 0 fully saturated rings. The van der Waals surface area contributed by atoms with E-state index < -0.39 is 29.8 Å². The summed E-state index contributed by atoms with van der Waals surface area (Å²) < 4.78 is 5.74. The first-order valence-electron chi connectivity index (χ1n) is 7.38. The summed E-state index contributed by atoms with van der Waals surface area (Å²) in [5.41, 5.74) is 6.15. The number of ether oxygens (including phenoxy) is 1. The number of hydrogen-bond donors (Lipinski definition) is 1. The van der Waals surface area contributed by atoms with Crippen molar-refractivity contribution < 1.29 is 19.1 Å². The van der Waals surface area contributed by atoms with Gasteiger partial charge in [-0.3, -0.25) is 14.4 Å². The summed E-state index contributed by atoms with van der Waals surface area (Å²) in [7, 11) is 0. The highest BCUT2D eigenvalue weighted by molar-refractivity contribution is 8.02. The summed E-state index contributed by atoms with van der Waals surface area (Å²) >= 11 is 2.37. The van der Waals surface area contributed by atoms with Gasteiger partial charge in [-0.15, -0.1) is 10.2 Å². The first-order chi connectivity index (χ1) is 12.0. The normalized spacial score (nSPS) is 14.5. The summed E-state index contributed by atoms with van der Waals surface area (Å²) in [5, 5.41) is 7.34. The van der Waals surface area contributed by atoms with Crippen LogP contribution in [0.3, 0.4) is 0 Å². The Labute approximate surface area is 151 Å². The molecule has 0 radical (unpaired) electrons. The zero-order valence-electron chi connectivity index (χ0n) is 13.2. The molecule has 0 saturated heterocycles.